The summed E-state index contributed by atoms with van der Waals surface area (Å²) in [5, 5.41) is 0. The standard InChI is InChI=1S/C13H19NO2.ClH/c1-4-5-6-12(14)11-8-7-10(15-2)9-13(11)16-3;/h4,7-9,12H,1,5-6,14H2,2-3H3;1H/t12-;/m1./s1. The van der Waals surface area contributed by atoms with Crippen molar-refractivity contribution in [3.05, 3.63) is 36.4 Å². The van der Waals surface area contributed by atoms with Crippen molar-refractivity contribution < 1.29 is 9.47 Å². The van der Waals surface area contributed by atoms with Crippen LogP contribution in [0.5, 0.6) is 11.5 Å². The normalized spacial score (nSPS) is 11.2. The first-order valence-corrected chi connectivity index (χ1v) is 5.31. The van der Waals surface area contributed by atoms with Gasteiger partial charge in [-0.15, -0.1) is 19.0 Å². The van der Waals surface area contributed by atoms with Gasteiger partial charge in [-0.3, -0.25) is 0 Å². The highest BCUT2D eigenvalue weighted by Crippen LogP contribution is 2.30. The van der Waals surface area contributed by atoms with Gasteiger partial charge in [-0.1, -0.05) is 12.1 Å². The summed E-state index contributed by atoms with van der Waals surface area (Å²) in [6.07, 6.45) is 3.64. The molecule has 1 aromatic carbocycles. The molecule has 2 N–H and O–H groups in total. The Hall–Kier alpha value is -1.19. The fourth-order valence-electron chi connectivity index (χ4n) is 1.58. The zero-order chi connectivity index (χ0) is 12.0. The molecule has 0 fully saturated rings. The second-order valence-corrected chi connectivity index (χ2v) is 3.58. The van der Waals surface area contributed by atoms with Crippen LogP contribution in [0, 0.1) is 0 Å². The molecule has 17 heavy (non-hydrogen) atoms. The smallest absolute Gasteiger partial charge is 0.127 e. The van der Waals surface area contributed by atoms with Crippen LogP contribution in [0.2, 0.25) is 0 Å². The van der Waals surface area contributed by atoms with Crippen LogP contribution in [-0.4, -0.2) is 14.2 Å². The predicted molar refractivity (Wildman–Crippen MR) is 73.2 cm³/mol. The van der Waals surface area contributed by atoms with Crippen LogP contribution in [0.3, 0.4) is 0 Å². The molecule has 0 radical (unpaired) electrons. The van der Waals surface area contributed by atoms with Crippen molar-refractivity contribution >= 4 is 12.4 Å². The van der Waals surface area contributed by atoms with Crippen LogP contribution in [0.25, 0.3) is 0 Å². The fourth-order valence-corrected chi connectivity index (χ4v) is 1.58. The lowest BCUT2D eigenvalue weighted by Gasteiger charge is -2.15. The van der Waals surface area contributed by atoms with Gasteiger partial charge in [-0.25, -0.2) is 0 Å². The molecule has 0 unspecified atom stereocenters. The molecule has 1 rings (SSSR count). The highest BCUT2D eigenvalue weighted by atomic mass is 35.5. The minimum absolute atomic E-state index is 0. The summed E-state index contributed by atoms with van der Waals surface area (Å²) in [6, 6.07) is 5.67. The molecule has 0 aliphatic carbocycles. The second-order valence-electron chi connectivity index (χ2n) is 3.58. The Labute approximate surface area is 109 Å². The molecule has 0 heterocycles. The van der Waals surface area contributed by atoms with Crippen molar-refractivity contribution in [2.45, 2.75) is 18.9 Å². The van der Waals surface area contributed by atoms with Crippen molar-refractivity contribution in [1.82, 2.24) is 0 Å². The van der Waals surface area contributed by atoms with E-state index in [0.717, 1.165) is 29.9 Å². The SMILES string of the molecule is C=CCC[C@@H](N)c1ccc(OC)cc1OC.Cl. The van der Waals surface area contributed by atoms with Gasteiger partial charge in [0, 0.05) is 17.7 Å². The van der Waals surface area contributed by atoms with E-state index in [9.17, 15) is 0 Å². The number of hydrogen-bond donors (Lipinski definition) is 1. The summed E-state index contributed by atoms with van der Waals surface area (Å²) in [4.78, 5) is 0. The number of allylic oxidation sites excluding steroid dienone is 1. The van der Waals surface area contributed by atoms with E-state index in [0.29, 0.717) is 0 Å². The van der Waals surface area contributed by atoms with Gasteiger partial charge in [-0.05, 0) is 18.9 Å². The average molecular weight is 258 g/mol. The predicted octanol–water partition coefficient (Wildman–Crippen LogP) is 3.09. The van der Waals surface area contributed by atoms with Crippen molar-refractivity contribution in [3.8, 4) is 11.5 Å². The molecule has 0 aliphatic rings. The third-order valence-corrected chi connectivity index (χ3v) is 2.52. The monoisotopic (exact) mass is 257 g/mol. The van der Waals surface area contributed by atoms with Gasteiger partial charge in [0.25, 0.3) is 0 Å². The fraction of sp³-hybridized carbons (Fsp3) is 0.385. The molecular weight excluding hydrogens is 238 g/mol. The Balaban J connectivity index is 0.00000256. The number of ether oxygens (including phenoxy) is 2. The van der Waals surface area contributed by atoms with E-state index in [1.165, 1.54) is 0 Å². The summed E-state index contributed by atoms with van der Waals surface area (Å²) < 4.78 is 10.4. The first-order valence-electron chi connectivity index (χ1n) is 5.31. The van der Waals surface area contributed by atoms with Gasteiger partial charge >= 0.3 is 0 Å². The van der Waals surface area contributed by atoms with Crippen LogP contribution >= 0.6 is 12.4 Å². The molecule has 1 atom stereocenters. The largest absolute Gasteiger partial charge is 0.497 e. The number of nitrogens with two attached hydrogens (primary N) is 1. The summed E-state index contributed by atoms with van der Waals surface area (Å²) in [5.74, 6) is 1.55. The van der Waals surface area contributed by atoms with Gasteiger partial charge in [0.15, 0.2) is 0 Å². The van der Waals surface area contributed by atoms with Crippen molar-refractivity contribution in [2.24, 2.45) is 5.73 Å². The Morgan fingerprint density at radius 1 is 1.35 bits per heavy atom. The van der Waals surface area contributed by atoms with Crippen molar-refractivity contribution in [2.75, 3.05) is 14.2 Å². The minimum Gasteiger partial charge on any atom is -0.497 e. The third-order valence-electron chi connectivity index (χ3n) is 2.52. The molecule has 4 heteroatoms. The molecule has 96 valence electrons. The number of halogens is 1. The summed E-state index contributed by atoms with van der Waals surface area (Å²) in [7, 11) is 3.27. The van der Waals surface area contributed by atoms with Crippen LogP contribution in [0.15, 0.2) is 30.9 Å². The highest BCUT2D eigenvalue weighted by molar-refractivity contribution is 5.85. The van der Waals surface area contributed by atoms with Gasteiger partial charge < -0.3 is 15.2 Å². The van der Waals surface area contributed by atoms with E-state index in [1.807, 2.05) is 24.3 Å². The van der Waals surface area contributed by atoms with Gasteiger partial charge in [0.1, 0.15) is 11.5 Å². The van der Waals surface area contributed by atoms with Gasteiger partial charge in [0.2, 0.25) is 0 Å². The third kappa shape index (κ3) is 4.29. The Morgan fingerprint density at radius 3 is 2.59 bits per heavy atom. The van der Waals surface area contributed by atoms with Gasteiger partial charge in [-0.2, -0.15) is 0 Å². The molecule has 0 amide bonds. The van der Waals surface area contributed by atoms with Crippen molar-refractivity contribution in [1.29, 1.82) is 0 Å². The molecule has 1 aromatic rings. The van der Waals surface area contributed by atoms with E-state index in [-0.39, 0.29) is 18.4 Å². The molecule has 3 nitrogen and oxygen atoms in total. The number of rotatable bonds is 6. The molecule has 0 aliphatic heterocycles. The zero-order valence-corrected chi connectivity index (χ0v) is 11.1. The van der Waals surface area contributed by atoms with Crippen LogP contribution in [-0.2, 0) is 0 Å². The summed E-state index contributed by atoms with van der Waals surface area (Å²) in [5.41, 5.74) is 7.09. The number of benzene rings is 1. The maximum Gasteiger partial charge on any atom is 0.127 e. The van der Waals surface area contributed by atoms with E-state index in [4.69, 9.17) is 15.2 Å². The second kappa shape index (κ2) is 7.98. The van der Waals surface area contributed by atoms with E-state index in [1.54, 1.807) is 14.2 Å². The minimum atomic E-state index is -0.0288. The van der Waals surface area contributed by atoms with Crippen LogP contribution in [0.1, 0.15) is 24.4 Å². The van der Waals surface area contributed by atoms with Crippen LogP contribution < -0.4 is 15.2 Å². The summed E-state index contributed by atoms with van der Waals surface area (Å²) >= 11 is 0. The topological polar surface area (TPSA) is 44.5 Å². The maximum absolute atomic E-state index is 6.08. The van der Waals surface area contributed by atoms with E-state index in [2.05, 4.69) is 6.58 Å². The Morgan fingerprint density at radius 2 is 2.06 bits per heavy atom. The number of hydrogen-bond acceptors (Lipinski definition) is 3. The van der Waals surface area contributed by atoms with Crippen LogP contribution in [0.4, 0.5) is 0 Å². The first kappa shape index (κ1) is 15.8. The lowest BCUT2D eigenvalue weighted by Crippen LogP contribution is -2.11. The number of methoxy groups -OCH3 is 2. The highest BCUT2D eigenvalue weighted by Gasteiger charge is 2.11. The lowest BCUT2D eigenvalue weighted by atomic mass is 10.0. The molecular formula is C13H20ClNO2. The Kier molecular flexibility index (Phi) is 7.42. The molecule has 0 saturated carbocycles. The van der Waals surface area contributed by atoms with Crippen molar-refractivity contribution in [3.63, 3.8) is 0 Å². The summed E-state index contributed by atoms with van der Waals surface area (Å²) in [6.45, 7) is 3.69. The Bertz CT molecular complexity index is 355. The average Bonchev–Trinajstić information content (AvgIpc) is 2.34. The molecule has 0 aromatic heterocycles. The molecule has 0 spiro atoms. The van der Waals surface area contributed by atoms with E-state index >= 15 is 0 Å². The van der Waals surface area contributed by atoms with Gasteiger partial charge in [0.05, 0.1) is 14.2 Å². The maximum atomic E-state index is 6.08. The first-order chi connectivity index (χ1) is 7.72. The quantitative estimate of drug-likeness (QED) is 0.797. The molecule has 0 bridgehead atoms. The van der Waals surface area contributed by atoms with E-state index < -0.39 is 0 Å². The molecule has 0 saturated heterocycles. The lowest BCUT2D eigenvalue weighted by molar-refractivity contribution is 0.387. The zero-order valence-electron chi connectivity index (χ0n) is 10.3.